The molecule has 2 atom stereocenters. The second-order valence-corrected chi connectivity index (χ2v) is 5.69. The van der Waals surface area contributed by atoms with Gasteiger partial charge in [0.05, 0.1) is 10.5 Å². The monoisotopic (exact) mass is 298 g/mol. The fourth-order valence-electron chi connectivity index (χ4n) is 2.61. The fourth-order valence-corrected chi connectivity index (χ4v) is 2.78. The molecule has 2 unspecified atom stereocenters. The molecule has 3 rings (SSSR count). The minimum Gasteiger partial charge on any atom is -0.310 e. The number of fused-ring (bicyclic) bond motifs is 1. The standard InChI is InChI=1S/C15H17ClN2.BH4.Na/c1-10-2-5-14(17-8-10)12-4-3-11-6-13(16)9-18-15(11)7-12;;/h3-4,6-7,9-10,14,17H,2,5,8H2,1H3;1H4;/q;-1;+1. The molecule has 2 heterocycles. The van der Waals surface area contributed by atoms with Gasteiger partial charge in [0.15, 0.2) is 0 Å². The molecule has 0 aliphatic carbocycles. The summed E-state index contributed by atoms with van der Waals surface area (Å²) < 4.78 is 0. The molecule has 1 aliphatic heterocycles. The summed E-state index contributed by atoms with van der Waals surface area (Å²) >= 11 is 5.95. The van der Waals surface area contributed by atoms with E-state index >= 15 is 0 Å². The number of nitrogens with zero attached hydrogens (tertiary/aromatic N) is 1. The molecule has 0 saturated carbocycles. The number of piperidine rings is 1. The van der Waals surface area contributed by atoms with Crippen LogP contribution in [0.5, 0.6) is 0 Å². The fraction of sp³-hybridized carbons (Fsp3) is 0.400. The molecule has 0 bridgehead atoms. The van der Waals surface area contributed by atoms with E-state index in [-0.39, 0.29) is 38.0 Å². The van der Waals surface area contributed by atoms with Crippen LogP contribution in [0.4, 0.5) is 0 Å². The van der Waals surface area contributed by atoms with Crippen molar-refractivity contribution >= 4 is 30.9 Å². The van der Waals surface area contributed by atoms with Gasteiger partial charge < -0.3 is 5.32 Å². The normalized spacial score (nSPS) is 21.9. The van der Waals surface area contributed by atoms with Gasteiger partial charge in [0.25, 0.3) is 0 Å². The third kappa shape index (κ3) is 3.99. The summed E-state index contributed by atoms with van der Waals surface area (Å²) in [6.07, 6.45) is 4.22. The summed E-state index contributed by atoms with van der Waals surface area (Å²) in [4.78, 5) is 4.39. The van der Waals surface area contributed by atoms with E-state index in [1.54, 1.807) is 6.20 Å². The van der Waals surface area contributed by atoms with Crippen molar-refractivity contribution in [2.45, 2.75) is 25.8 Å². The van der Waals surface area contributed by atoms with Crippen LogP contribution in [0.25, 0.3) is 10.9 Å². The Labute approximate surface area is 149 Å². The molecule has 1 N–H and O–H groups in total. The number of halogens is 1. The van der Waals surface area contributed by atoms with Crippen molar-refractivity contribution in [2.75, 3.05) is 6.54 Å². The topological polar surface area (TPSA) is 24.9 Å². The van der Waals surface area contributed by atoms with E-state index in [9.17, 15) is 0 Å². The van der Waals surface area contributed by atoms with Crippen molar-refractivity contribution in [1.29, 1.82) is 0 Å². The first-order valence-electron chi connectivity index (χ1n) is 6.51. The Balaban J connectivity index is 0.000001000. The summed E-state index contributed by atoms with van der Waals surface area (Å²) in [6, 6.07) is 8.92. The Hall–Kier alpha value is -0.0551. The summed E-state index contributed by atoms with van der Waals surface area (Å²) in [6.45, 7) is 3.41. The maximum atomic E-state index is 5.95. The molecule has 1 aliphatic rings. The molecule has 1 saturated heterocycles. The van der Waals surface area contributed by atoms with Crippen LogP contribution in [0.2, 0.25) is 5.02 Å². The van der Waals surface area contributed by atoms with Gasteiger partial charge in [-0.05, 0) is 43.0 Å². The Morgan fingerprint density at radius 3 is 2.75 bits per heavy atom. The van der Waals surface area contributed by atoms with Crippen molar-refractivity contribution in [1.82, 2.24) is 10.3 Å². The predicted molar refractivity (Wildman–Crippen MR) is 87.2 cm³/mol. The molecule has 0 spiro atoms. The predicted octanol–water partition coefficient (Wildman–Crippen LogP) is -0.499. The molecule has 2 nitrogen and oxygen atoms in total. The van der Waals surface area contributed by atoms with E-state index in [1.807, 2.05) is 6.07 Å². The SMILES string of the molecule is CC1CCC(c2ccc3cc(Cl)cnc3c2)NC1.[BH4-].[Na+]. The first-order chi connectivity index (χ1) is 8.72. The number of nitrogens with one attached hydrogen (secondary N) is 1. The van der Waals surface area contributed by atoms with Crippen LogP contribution in [-0.2, 0) is 0 Å². The molecule has 2 aromatic rings. The van der Waals surface area contributed by atoms with Crippen molar-refractivity contribution in [3.05, 3.63) is 41.0 Å². The van der Waals surface area contributed by atoms with Crippen molar-refractivity contribution in [3.8, 4) is 0 Å². The van der Waals surface area contributed by atoms with E-state index in [4.69, 9.17) is 11.6 Å². The van der Waals surface area contributed by atoms with E-state index < -0.39 is 0 Å². The summed E-state index contributed by atoms with van der Waals surface area (Å²) in [5, 5.41) is 5.41. The average Bonchev–Trinajstić information content (AvgIpc) is 2.39. The van der Waals surface area contributed by atoms with Crippen molar-refractivity contribution in [3.63, 3.8) is 0 Å². The molecule has 1 aromatic heterocycles. The molecule has 1 aromatic carbocycles. The largest absolute Gasteiger partial charge is 1.00 e. The Morgan fingerprint density at radius 2 is 2.05 bits per heavy atom. The molecule has 102 valence electrons. The van der Waals surface area contributed by atoms with E-state index in [2.05, 4.69) is 35.4 Å². The number of pyridine rings is 1. The van der Waals surface area contributed by atoms with Gasteiger partial charge in [-0.15, -0.1) is 0 Å². The molecular formula is C15H21BClN2Na. The zero-order valence-corrected chi connectivity index (χ0v) is 14.2. The molecule has 1 fully saturated rings. The Kier molecular flexibility index (Phi) is 7.03. The van der Waals surface area contributed by atoms with Gasteiger partial charge >= 0.3 is 29.6 Å². The van der Waals surface area contributed by atoms with Gasteiger partial charge in [0.2, 0.25) is 0 Å². The number of hydrogen-bond donors (Lipinski definition) is 1. The molecular weight excluding hydrogens is 277 g/mol. The van der Waals surface area contributed by atoms with Gasteiger partial charge in [-0.1, -0.05) is 39.1 Å². The van der Waals surface area contributed by atoms with Crippen LogP contribution in [0.1, 0.15) is 31.4 Å². The summed E-state index contributed by atoms with van der Waals surface area (Å²) in [7, 11) is 0. The van der Waals surface area contributed by atoms with Crippen molar-refractivity contribution in [2.24, 2.45) is 5.92 Å². The van der Waals surface area contributed by atoms with Gasteiger partial charge in [-0.25, -0.2) is 0 Å². The summed E-state index contributed by atoms with van der Waals surface area (Å²) in [5.74, 6) is 0.790. The van der Waals surface area contributed by atoms with Gasteiger partial charge in [0, 0.05) is 17.6 Å². The maximum Gasteiger partial charge on any atom is 1.00 e. The number of rotatable bonds is 1. The maximum absolute atomic E-state index is 5.95. The molecule has 0 amide bonds. The van der Waals surface area contributed by atoms with Crippen LogP contribution >= 0.6 is 11.6 Å². The minimum atomic E-state index is 0. The first-order valence-corrected chi connectivity index (χ1v) is 6.89. The van der Waals surface area contributed by atoms with Crippen LogP contribution in [-0.4, -0.2) is 19.9 Å². The van der Waals surface area contributed by atoms with Crippen LogP contribution in [0.3, 0.4) is 0 Å². The zero-order chi connectivity index (χ0) is 12.5. The molecule has 20 heavy (non-hydrogen) atoms. The van der Waals surface area contributed by atoms with E-state index in [0.717, 1.165) is 23.4 Å². The van der Waals surface area contributed by atoms with Gasteiger partial charge in [0.1, 0.15) is 0 Å². The van der Waals surface area contributed by atoms with Crippen molar-refractivity contribution < 1.29 is 29.6 Å². The minimum absolute atomic E-state index is 0. The molecule has 0 radical (unpaired) electrons. The van der Waals surface area contributed by atoms with Gasteiger partial charge in [-0.2, -0.15) is 0 Å². The third-order valence-corrected chi connectivity index (χ3v) is 3.94. The van der Waals surface area contributed by atoms with Crippen LogP contribution < -0.4 is 34.9 Å². The Morgan fingerprint density at radius 1 is 1.25 bits per heavy atom. The quantitative estimate of drug-likeness (QED) is 0.718. The van der Waals surface area contributed by atoms with E-state index in [0.29, 0.717) is 11.1 Å². The van der Waals surface area contributed by atoms with Crippen LogP contribution in [0.15, 0.2) is 30.5 Å². The average molecular weight is 299 g/mol. The number of benzene rings is 1. The second-order valence-electron chi connectivity index (χ2n) is 5.25. The summed E-state index contributed by atoms with van der Waals surface area (Å²) in [5.41, 5.74) is 2.36. The van der Waals surface area contributed by atoms with Crippen LogP contribution in [0, 0.1) is 5.92 Å². The third-order valence-electron chi connectivity index (χ3n) is 3.74. The Bertz CT molecular complexity index is 571. The second kappa shape index (κ2) is 7.81. The van der Waals surface area contributed by atoms with Gasteiger partial charge in [-0.3, -0.25) is 4.98 Å². The number of hydrogen-bond acceptors (Lipinski definition) is 2. The number of aromatic nitrogens is 1. The van der Waals surface area contributed by atoms with E-state index in [1.165, 1.54) is 18.4 Å². The first kappa shape index (κ1) is 18.0. The molecule has 5 heteroatoms. The smallest absolute Gasteiger partial charge is 0.310 e. The zero-order valence-electron chi connectivity index (χ0n) is 11.5.